The highest BCUT2D eigenvalue weighted by molar-refractivity contribution is 5.97. The number of nitrogens with zero attached hydrogens (tertiary/aromatic N) is 4. The Kier molecular flexibility index (Phi) is 5.04. The van der Waals surface area contributed by atoms with Crippen molar-refractivity contribution < 1.29 is 4.52 Å². The smallest absolute Gasteiger partial charge is 0.255 e. The number of rotatable bonds is 4. The Morgan fingerprint density at radius 2 is 2.03 bits per heavy atom. The summed E-state index contributed by atoms with van der Waals surface area (Å²) in [4.78, 5) is 27.2. The van der Waals surface area contributed by atoms with Crippen molar-refractivity contribution in [2.75, 3.05) is 13.1 Å². The number of hydrogen-bond donors (Lipinski definition) is 1. The molecule has 0 radical (unpaired) electrons. The molecule has 2 aromatic heterocycles. The summed E-state index contributed by atoms with van der Waals surface area (Å²) in [5.41, 5.74) is 5.64. The van der Waals surface area contributed by atoms with Crippen LogP contribution in [-0.2, 0) is 19.5 Å². The molecule has 0 spiro atoms. The zero-order valence-electron chi connectivity index (χ0n) is 17.1. The summed E-state index contributed by atoms with van der Waals surface area (Å²) >= 11 is 0. The average Bonchev–Trinajstić information content (AvgIpc) is 3.23. The molecule has 2 aliphatic heterocycles. The van der Waals surface area contributed by atoms with Crippen LogP contribution in [0, 0.1) is 6.92 Å². The van der Waals surface area contributed by atoms with Gasteiger partial charge in [-0.15, -0.1) is 0 Å². The molecule has 7 nitrogen and oxygen atoms in total. The summed E-state index contributed by atoms with van der Waals surface area (Å²) in [5.74, 6) is 1.42. The summed E-state index contributed by atoms with van der Waals surface area (Å²) in [7, 11) is 0. The van der Waals surface area contributed by atoms with Crippen molar-refractivity contribution in [1.29, 1.82) is 0 Å². The molecule has 2 aliphatic rings. The van der Waals surface area contributed by atoms with Crippen LogP contribution in [-0.4, -0.2) is 38.8 Å². The molecule has 7 heteroatoms. The number of aromatic nitrogens is 3. The van der Waals surface area contributed by atoms with Gasteiger partial charge in [-0.2, -0.15) is 0 Å². The van der Waals surface area contributed by atoms with Crippen LogP contribution in [0.2, 0.25) is 0 Å². The lowest BCUT2D eigenvalue weighted by molar-refractivity contribution is 0.234. The lowest BCUT2D eigenvalue weighted by atomic mass is 10.0. The van der Waals surface area contributed by atoms with E-state index in [-0.39, 0.29) is 5.56 Å². The van der Waals surface area contributed by atoms with Crippen LogP contribution in [0.15, 0.2) is 44.6 Å². The molecule has 1 N–H and O–H groups in total. The molecule has 0 saturated heterocycles. The molecule has 0 unspecified atom stereocenters. The lowest BCUT2D eigenvalue weighted by Gasteiger charge is -2.27. The first-order valence-electron chi connectivity index (χ1n) is 10.6. The van der Waals surface area contributed by atoms with Crippen molar-refractivity contribution >= 4 is 5.71 Å². The van der Waals surface area contributed by atoms with Gasteiger partial charge in [0.25, 0.3) is 5.56 Å². The minimum Gasteiger partial charge on any atom is -0.356 e. The molecule has 0 fully saturated rings. The molecule has 3 aromatic rings. The van der Waals surface area contributed by atoms with Crippen molar-refractivity contribution in [3.05, 3.63) is 69.0 Å². The molecule has 0 aliphatic carbocycles. The van der Waals surface area contributed by atoms with Gasteiger partial charge < -0.3 is 9.51 Å². The molecule has 1 aromatic carbocycles. The second-order valence-electron chi connectivity index (χ2n) is 8.13. The Hall–Kier alpha value is -3.06. The third-order valence-electron chi connectivity index (χ3n) is 5.83. The normalized spacial score (nSPS) is 16.9. The first-order chi connectivity index (χ1) is 14.7. The van der Waals surface area contributed by atoms with Crippen molar-refractivity contribution in [3.8, 4) is 11.3 Å². The van der Waals surface area contributed by atoms with Crippen LogP contribution in [0.1, 0.15) is 47.6 Å². The molecule has 0 bridgehead atoms. The summed E-state index contributed by atoms with van der Waals surface area (Å²) < 4.78 is 5.54. The highest BCUT2D eigenvalue weighted by Gasteiger charge is 2.23. The predicted molar refractivity (Wildman–Crippen MR) is 115 cm³/mol. The maximum Gasteiger partial charge on any atom is 0.255 e. The number of benzene rings is 1. The second-order valence-corrected chi connectivity index (χ2v) is 8.13. The van der Waals surface area contributed by atoms with E-state index >= 15 is 0 Å². The molecule has 0 amide bonds. The monoisotopic (exact) mass is 403 g/mol. The van der Waals surface area contributed by atoms with Crippen LogP contribution in [0.5, 0.6) is 0 Å². The quantitative estimate of drug-likeness (QED) is 0.722. The maximum absolute atomic E-state index is 12.7. The number of aliphatic imine (C=N–C) groups is 1. The summed E-state index contributed by atoms with van der Waals surface area (Å²) in [5, 5.41) is 4.23. The lowest BCUT2D eigenvalue weighted by Crippen LogP contribution is -2.36. The molecule has 5 rings (SSSR count). The van der Waals surface area contributed by atoms with Gasteiger partial charge in [-0.25, -0.2) is 4.98 Å². The van der Waals surface area contributed by atoms with E-state index < -0.39 is 0 Å². The Labute approximate surface area is 174 Å². The van der Waals surface area contributed by atoms with Crippen molar-refractivity contribution in [1.82, 2.24) is 20.0 Å². The summed E-state index contributed by atoms with van der Waals surface area (Å²) in [6.07, 6.45) is 3.86. The molecular formula is C23H25N5O2. The summed E-state index contributed by atoms with van der Waals surface area (Å²) in [6, 6.07) is 10.2. The van der Waals surface area contributed by atoms with Gasteiger partial charge in [0.05, 0.1) is 22.7 Å². The van der Waals surface area contributed by atoms with Gasteiger partial charge in [-0.05, 0) is 26.2 Å². The fraction of sp³-hybridized carbons (Fsp3) is 0.391. The zero-order chi connectivity index (χ0) is 20.5. The Morgan fingerprint density at radius 3 is 2.83 bits per heavy atom. The minimum atomic E-state index is -0.0477. The molecule has 154 valence electrons. The van der Waals surface area contributed by atoms with E-state index in [9.17, 15) is 4.79 Å². The molecule has 0 saturated carbocycles. The first kappa shape index (κ1) is 18.9. The number of aryl methyl sites for hydroxylation is 1. The third-order valence-corrected chi connectivity index (χ3v) is 5.83. The second kappa shape index (κ2) is 7.99. The van der Waals surface area contributed by atoms with Crippen LogP contribution >= 0.6 is 0 Å². The third kappa shape index (κ3) is 3.85. The molecule has 4 heterocycles. The first-order valence-corrected chi connectivity index (χ1v) is 10.6. The Morgan fingerprint density at radius 1 is 1.17 bits per heavy atom. The van der Waals surface area contributed by atoms with Gasteiger partial charge in [-0.1, -0.05) is 35.0 Å². The van der Waals surface area contributed by atoms with Gasteiger partial charge >= 0.3 is 0 Å². The largest absolute Gasteiger partial charge is 0.356 e. The van der Waals surface area contributed by atoms with Gasteiger partial charge in [0, 0.05) is 44.2 Å². The number of fused-ring (bicyclic) bond motifs is 1. The van der Waals surface area contributed by atoms with E-state index in [2.05, 4.69) is 39.1 Å². The van der Waals surface area contributed by atoms with Crippen LogP contribution in [0.4, 0.5) is 0 Å². The minimum absolute atomic E-state index is 0.0477. The molecular weight excluding hydrogens is 378 g/mol. The van der Waals surface area contributed by atoms with E-state index in [1.165, 1.54) is 5.56 Å². The van der Waals surface area contributed by atoms with Gasteiger partial charge in [0.1, 0.15) is 0 Å². The van der Waals surface area contributed by atoms with Crippen LogP contribution in [0.3, 0.4) is 0 Å². The van der Waals surface area contributed by atoms with E-state index in [4.69, 9.17) is 9.51 Å². The molecule has 0 atom stereocenters. The number of hydrogen-bond acceptors (Lipinski definition) is 6. The number of H-pyrrole nitrogens is 1. The van der Waals surface area contributed by atoms with Crippen molar-refractivity contribution in [3.63, 3.8) is 0 Å². The average molecular weight is 403 g/mol. The van der Waals surface area contributed by atoms with Gasteiger partial charge in [0.15, 0.2) is 11.6 Å². The SMILES string of the molecule is Cc1ccc(-c2cc(CN3CCc4nc(C5=NCCCC5)[nH]c(=O)c4C3)no2)cc1. The van der Waals surface area contributed by atoms with E-state index in [1.54, 1.807) is 0 Å². The van der Waals surface area contributed by atoms with Crippen molar-refractivity contribution in [2.45, 2.75) is 45.7 Å². The standard InChI is InChI=1S/C23H25N5O2/c1-15-5-7-16(8-6-15)21-12-17(27-30-21)13-28-11-9-19-18(14-28)23(29)26-22(25-19)20-4-2-3-10-24-20/h5-8,12H,2-4,9-11,13-14H2,1H3,(H,25,26,29). The number of aromatic amines is 1. The fourth-order valence-corrected chi connectivity index (χ4v) is 4.11. The predicted octanol–water partition coefficient (Wildman–Crippen LogP) is 3.26. The fourth-order valence-electron chi connectivity index (χ4n) is 4.11. The maximum atomic E-state index is 12.7. The highest BCUT2D eigenvalue weighted by Crippen LogP contribution is 2.23. The Balaban J connectivity index is 1.31. The number of nitrogens with one attached hydrogen (secondary N) is 1. The molecule has 30 heavy (non-hydrogen) atoms. The van der Waals surface area contributed by atoms with Crippen LogP contribution in [0.25, 0.3) is 11.3 Å². The topological polar surface area (TPSA) is 87.4 Å². The Bertz CT molecular complexity index is 1140. The van der Waals surface area contributed by atoms with E-state index in [1.807, 2.05) is 18.2 Å². The van der Waals surface area contributed by atoms with E-state index in [0.717, 1.165) is 72.8 Å². The van der Waals surface area contributed by atoms with Crippen LogP contribution < -0.4 is 5.56 Å². The summed E-state index contributed by atoms with van der Waals surface area (Å²) in [6.45, 7) is 4.93. The van der Waals surface area contributed by atoms with Gasteiger partial charge in [-0.3, -0.25) is 14.7 Å². The van der Waals surface area contributed by atoms with E-state index in [0.29, 0.717) is 18.9 Å². The van der Waals surface area contributed by atoms with Gasteiger partial charge in [0.2, 0.25) is 0 Å². The van der Waals surface area contributed by atoms with Crippen molar-refractivity contribution in [2.24, 2.45) is 4.99 Å². The highest BCUT2D eigenvalue weighted by atomic mass is 16.5. The zero-order valence-corrected chi connectivity index (χ0v) is 17.1.